The van der Waals surface area contributed by atoms with Gasteiger partial charge in [-0.15, -0.1) is 11.6 Å². The first-order chi connectivity index (χ1) is 6.43. The second-order valence-corrected chi connectivity index (χ2v) is 3.07. The number of rotatable bonds is 2. The lowest BCUT2D eigenvalue weighted by Gasteiger charge is -2.11. The molecular formula is C9H6ClF3O. The summed E-state index contributed by atoms with van der Waals surface area (Å²) in [6, 6.07) is 7.15. The highest BCUT2D eigenvalue weighted by Crippen LogP contribution is 2.27. The van der Waals surface area contributed by atoms with Gasteiger partial charge in [-0.2, -0.15) is 13.2 Å². The van der Waals surface area contributed by atoms with Gasteiger partial charge in [0, 0.05) is 5.56 Å². The van der Waals surface area contributed by atoms with E-state index in [0.717, 1.165) is 0 Å². The van der Waals surface area contributed by atoms with Crippen molar-refractivity contribution in [2.75, 3.05) is 0 Å². The van der Waals surface area contributed by atoms with Crippen molar-refractivity contribution in [2.24, 2.45) is 0 Å². The van der Waals surface area contributed by atoms with E-state index in [1.165, 1.54) is 24.3 Å². The number of carbonyl (C=O) groups is 1. The quantitative estimate of drug-likeness (QED) is 0.555. The number of benzene rings is 1. The van der Waals surface area contributed by atoms with Crippen LogP contribution in [0.4, 0.5) is 13.2 Å². The lowest BCUT2D eigenvalue weighted by Crippen LogP contribution is -2.31. The smallest absolute Gasteiger partial charge is 0.292 e. The third-order valence-electron chi connectivity index (χ3n) is 1.58. The van der Waals surface area contributed by atoms with Crippen LogP contribution in [0.5, 0.6) is 0 Å². The molecule has 0 aliphatic heterocycles. The Morgan fingerprint density at radius 2 is 1.71 bits per heavy atom. The zero-order valence-electron chi connectivity index (χ0n) is 6.88. The third-order valence-corrected chi connectivity index (χ3v) is 2.02. The second kappa shape index (κ2) is 4.00. The summed E-state index contributed by atoms with van der Waals surface area (Å²) in [4.78, 5) is 11.1. The maximum Gasteiger partial charge on any atom is 0.412 e. The normalized spacial score (nSPS) is 13.7. The topological polar surface area (TPSA) is 17.1 Å². The molecule has 0 spiro atoms. The molecule has 0 aliphatic rings. The van der Waals surface area contributed by atoms with E-state index in [9.17, 15) is 18.0 Å². The van der Waals surface area contributed by atoms with Crippen molar-refractivity contribution in [3.63, 3.8) is 0 Å². The number of ketones is 1. The average molecular weight is 223 g/mol. The van der Waals surface area contributed by atoms with E-state index in [1.807, 2.05) is 0 Å². The Balaban J connectivity index is 2.87. The number of hydrogen-bond donors (Lipinski definition) is 0. The van der Waals surface area contributed by atoms with Crippen LogP contribution in [0.1, 0.15) is 10.4 Å². The predicted molar refractivity (Wildman–Crippen MR) is 46.5 cm³/mol. The summed E-state index contributed by atoms with van der Waals surface area (Å²) in [7, 11) is 0. The molecule has 0 heterocycles. The minimum atomic E-state index is -4.70. The fourth-order valence-corrected chi connectivity index (χ4v) is 1.02. The Morgan fingerprint density at radius 1 is 1.21 bits per heavy atom. The Hall–Kier alpha value is -1.03. The monoisotopic (exact) mass is 222 g/mol. The van der Waals surface area contributed by atoms with Gasteiger partial charge in [0.05, 0.1) is 0 Å². The van der Waals surface area contributed by atoms with Crippen LogP contribution in [0.2, 0.25) is 0 Å². The van der Waals surface area contributed by atoms with Crippen molar-refractivity contribution in [1.82, 2.24) is 0 Å². The van der Waals surface area contributed by atoms with Gasteiger partial charge in [0.15, 0.2) is 11.2 Å². The molecule has 5 heteroatoms. The number of hydrogen-bond acceptors (Lipinski definition) is 1. The maximum absolute atomic E-state index is 12.0. The van der Waals surface area contributed by atoms with Crippen molar-refractivity contribution in [3.8, 4) is 0 Å². The van der Waals surface area contributed by atoms with Crippen molar-refractivity contribution in [2.45, 2.75) is 11.6 Å². The molecule has 1 nitrogen and oxygen atoms in total. The zero-order valence-corrected chi connectivity index (χ0v) is 7.64. The average Bonchev–Trinajstić information content (AvgIpc) is 2.15. The summed E-state index contributed by atoms with van der Waals surface area (Å²) < 4.78 is 36.1. The number of carbonyl (C=O) groups excluding carboxylic acids is 1. The van der Waals surface area contributed by atoms with Crippen molar-refractivity contribution in [1.29, 1.82) is 0 Å². The summed E-state index contributed by atoms with van der Waals surface area (Å²) in [5.74, 6) is -1.13. The largest absolute Gasteiger partial charge is 0.412 e. The van der Waals surface area contributed by atoms with E-state index in [4.69, 9.17) is 11.6 Å². The van der Waals surface area contributed by atoms with Gasteiger partial charge in [-0.1, -0.05) is 30.3 Å². The van der Waals surface area contributed by atoms with Crippen molar-refractivity contribution >= 4 is 17.4 Å². The molecule has 0 N–H and O–H groups in total. The Morgan fingerprint density at radius 3 is 2.14 bits per heavy atom. The summed E-state index contributed by atoms with van der Waals surface area (Å²) in [5.41, 5.74) is -0.0372. The van der Waals surface area contributed by atoms with E-state index >= 15 is 0 Å². The van der Waals surface area contributed by atoms with Crippen LogP contribution in [0, 0.1) is 0 Å². The van der Waals surface area contributed by atoms with Gasteiger partial charge in [0.2, 0.25) is 0 Å². The van der Waals surface area contributed by atoms with Crippen LogP contribution in [-0.2, 0) is 0 Å². The number of halogens is 4. The SMILES string of the molecule is O=C(c1ccccc1)C(Cl)C(F)(F)F. The van der Waals surface area contributed by atoms with Crippen LogP contribution in [0.3, 0.4) is 0 Å². The first-order valence-corrected chi connectivity index (χ1v) is 4.16. The highest BCUT2D eigenvalue weighted by molar-refractivity contribution is 6.34. The molecule has 0 bridgehead atoms. The molecule has 1 rings (SSSR count). The van der Waals surface area contributed by atoms with Crippen LogP contribution in [0.15, 0.2) is 30.3 Å². The van der Waals surface area contributed by atoms with Gasteiger partial charge in [0.1, 0.15) is 0 Å². The predicted octanol–water partition coefficient (Wildman–Crippen LogP) is 3.04. The van der Waals surface area contributed by atoms with E-state index < -0.39 is 17.3 Å². The molecular weight excluding hydrogens is 217 g/mol. The van der Waals surface area contributed by atoms with E-state index in [2.05, 4.69) is 0 Å². The van der Waals surface area contributed by atoms with E-state index in [-0.39, 0.29) is 5.56 Å². The van der Waals surface area contributed by atoms with Gasteiger partial charge in [-0.05, 0) is 0 Å². The summed E-state index contributed by atoms with van der Waals surface area (Å²) in [6.45, 7) is 0. The molecule has 1 aromatic carbocycles. The lowest BCUT2D eigenvalue weighted by atomic mass is 10.1. The Labute approximate surface area is 83.5 Å². The van der Waals surface area contributed by atoms with Gasteiger partial charge < -0.3 is 0 Å². The maximum atomic E-state index is 12.0. The number of alkyl halides is 4. The zero-order chi connectivity index (χ0) is 10.8. The van der Waals surface area contributed by atoms with Gasteiger partial charge >= 0.3 is 6.18 Å². The van der Waals surface area contributed by atoms with Gasteiger partial charge in [-0.3, -0.25) is 4.79 Å². The van der Waals surface area contributed by atoms with Gasteiger partial charge in [0.25, 0.3) is 0 Å². The molecule has 1 atom stereocenters. The summed E-state index contributed by atoms with van der Waals surface area (Å²) in [5, 5.41) is -2.47. The van der Waals surface area contributed by atoms with Crippen molar-refractivity contribution < 1.29 is 18.0 Å². The van der Waals surface area contributed by atoms with Crippen LogP contribution < -0.4 is 0 Å². The first kappa shape index (κ1) is 11.0. The number of Topliss-reactive ketones (excluding diaryl/α,β-unsaturated/α-hetero) is 1. The fraction of sp³-hybridized carbons (Fsp3) is 0.222. The second-order valence-electron chi connectivity index (χ2n) is 2.63. The highest BCUT2D eigenvalue weighted by Gasteiger charge is 2.43. The molecule has 0 radical (unpaired) electrons. The van der Waals surface area contributed by atoms with Crippen LogP contribution >= 0.6 is 11.6 Å². The molecule has 0 aliphatic carbocycles. The third kappa shape index (κ3) is 2.48. The van der Waals surface area contributed by atoms with Crippen LogP contribution in [0.25, 0.3) is 0 Å². The molecule has 0 fully saturated rings. The van der Waals surface area contributed by atoms with E-state index in [0.29, 0.717) is 0 Å². The fourth-order valence-electron chi connectivity index (χ4n) is 0.897. The molecule has 1 aromatic rings. The van der Waals surface area contributed by atoms with Gasteiger partial charge in [-0.25, -0.2) is 0 Å². The molecule has 76 valence electrons. The molecule has 0 amide bonds. The van der Waals surface area contributed by atoms with Crippen LogP contribution in [-0.4, -0.2) is 17.3 Å². The lowest BCUT2D eigenvalue weighted by molar-refractivity contribution is -0.121. The molecule has 0 saturated carbocycles. The molecule has 14 heavy (non-hydrogen) atoms. The van der Waals surface area contributed by atoms with E-state index in [1.54, 1.807) is 6.07 Å². The Bertz CT molecular complexity index is 321. The first-order valence-electron chi connectivity index (χ1n) is 3.73. The molecule has 0 saturated heterocycles. The van der Waals surface area contributed by atoms with Crippen molar-refractivity contribution in [3.05, 3.63) is 35.9 Å². The summed E-state index contributed by atoms with van der Waals surface area (Å²) >= 11 is 4.97. The standard InChI is InChI=1S/C9H6ClF3O/c10-8(9(11,12)13)7(14)6-4-2-1-3-5-6/h1-5,8H. The highest BCUT2D eigenvalue weighted by atomic mass is 35.5. The Kier molecular flexibility index (Phi) is 3.16. The minimum absolute atomic E-state index is 0.0372. The summed E-state index contributed by atoms with van der Waals surface area (Å²) in [6.07, 6.45) is -4.70. The molecule has 1 unspecified atom stereocenters. The molecule has 0 aromatic heterocycles. The minimum Gasteiger partial charge on any atom is -0.292 e.